The molecular formula is C15H21KO9S. The Balaban J connectivity index is 0. The van der Waals surface area contributed by atoms with Gasteiger partial charge in [0.2, 0.25) is 0 Å². The Morgan fingerprint density at radius 1 is 1.00 bits per heavy atom. The van der Waals surface area contributed by atoms with Gasteiger partial charge in [0.15, 0.2) is 0 Å². The normalized spacial score (nSPS) is 10.8. The van der Waals surface area contributed by atoms with E-state index < -0.39 is 52.4 Å². The molecule has 0 rings (SSSR count). The summed E-state index contributed by atoms with van der Waals surface area (Å²) in [5.41, 5.74) is -1.47. The van der Waals surface area contributed by atoms with Crippen LogP contribution in [0.2, 0.25) is 0 Å². The summed E-state index contributed by atoms with van der Waals surface area (Å²) in [6.07, 6.45) is 2.00. The second-order valence-corrected chi connectivity index (χ2v) is 6.81. The molecule has 0 amide bonds. The number of hydrogen-bond acceptors (Lipinski definition) is 9. The molecule has 142 valence electrons. The molecule has 0 aliphatic rings. The fourth-order valence-corrected chi connectivity index (χ4v) is 2.02. The first-order valence-corrected chi connectivity index (χ1v) is 8.81. The number of unbranched alkanes of at least 4 members (excludes halogenated alkanes) is 1. The van der Waals surface area contributed by atoms with E-state index in [9.17, 15) is 27.4 Å². The van der Waals surface area contributed by atoms with Gasteiger partial charge in [-0.3, -0.25) is 4.79 Å². The first-order valence-electron chi connectivity index (χ1n) is 7.23. The number of rotatable bonds is 12. The van der Waals surface area contributed by atoms with Crippen LogP contribution in [-0.4, -0.2) is 56.5 Å². The van der Waals surface area contributed by atoms with Crippen LogP contribution in [0.5, 0.6) is 0 Å². The molecule has 0 unspecified atom stereocenters. The van der Waals surface area contributed by atoms with Crippen molar-refractivity contribution in [2.24, 2.45) is 5.41 Å². The minimum Gasteiger partial charge on any atom is -0.748 e. The molecule has 0 aromatic rings. The Morgan fingerprint density at radius 3 is 1.85 bits per heavy atom. The number of carbonyl (C=O) groups excluding carboxylic acids is 3. The number of hydrogen-bond donors (Lipinski definition) is 0. The molecule has 11 heteroatoms. The summed E-state index contributed by atoms with van der Waals surface area (Å²) in [6.45, 7) is 6.82. The molecule has 0 spiro atoms. The predicted octanol–water partition coefficient (Wildman–Crippen LogP) is -2.68. The topological polar surface area (TPSA) is 136 Å². The van der Waals surface area contributed by atoms with Crippen LogP contribution >= 0.6 is 0 Å². The molecule has 0 radical (unpaired) electrons. The summed E-state index contributed by atoms with van der Waals surface area (Å²) < 4.78 is 46.0. The van der Waals surface area contributed by atoms with E-state index in [0.717, 1.165) is 12.2 Å². The van der Waals surface area contributed by atoms with Crippen LogP contribution < -0.4 is 51.4 Å². The van der Waals surface area contributed by atoms with E-state index in [4.69, 9.17) is 14.2 Å². The van der Waals surface area contributed by atoms with Crippen LogP contribution in [-0.2, 0) is 38.7 Å². The van der Waals surface area contributed by atoms with Crippen molar-refractivity contribution in [1.82, 2.24) is 0 Å². The smallest absolute Gasteiger partial charge is 0.748 e. The van der Waals surface area contributed by atoms with E-state index in [0.29, 0.717) is 0 Å². The van der Waals surface area contributed by atoms with Gasteiger partial charge < -0.3 is 18.8 Å². The van der Waals surface area contributed by atoms with E-state index in [1.165, 1.54) is 6.92 Å². The largest absolute Gasteiger partial charge is 1.00 e. The van der Waals surface area contributed by atoms with Crippen LogP contribution in [0.4, 0.5) is 0 Å². The molecule has 0 aliphatic heterocycles. The molecule has 0 aromatic carbocycles. The zero-order valence-electron chi connectivity index (χ0n) is 14.9. The van der Waals surface area contributed by atoms with Gasteiger partial charge in [-0.1, -0.05) is 13.2 Å². The quantitative estimate of drug-likeness (QED) is 0.0832. The summed E-state index contributed by atoms with van der Waals surface area (Å²) >= 11 is 0. The number of carbonyl (C=O) groups is 3. The minimum atomic E-state index is -4.32. The number of ether oxygens (including phenoxy) is 3. The molecule has 0 saturated carbocycles. The molecule has 26 heavy (non-hydrogen) atoms. The van der Waals surface area contributed by atoms with Crippen LogP contribution in [0, 0.1) is 5.41 Å². The fourth-order valence-electron chi connectivity index (χ4n) is 1.46. The van der Waals surface area contributed by atoms with Crippen LogP contribution in [0.1, 0.15) is 19.8 Å². The Bertz CT molecular complexity index is 589. The zero-order valence-corrected chi connectivity index (χ0v) is 18.8. The van der Waals surface area contributed by atoms with E-state index in [1.54, 1.807) is 0 Å². The predicted molar refractivity (Wildman–Crippen MR) is 85.2 cm³/mol. The molecule has 9 nitrogen and oxygen atoms in total. The van der Waals surface area contributed by atoms with Gasteiger partial charge in [-0.25, -0.2) is 18.0 Å². The van der Waals surface area contributed by atoms with Crippen molar-refractivity contribution >= 4 is 28.0 Å². The third-order valence-corrected chi connectivity index (χ3v) is 3.70. The molecule has 0 aromatic heterocycles. The maximum Gasteiger partial charge on any atom is 1.00 e. The van der Waals surface area contributed by atoms with Gasteiger partial charge in [0, 0.05) is 17.9 Å². The average Bonchev–Trinajstić information content (AvgIpc) is 2.55. The Kier molecular flexibility index (Phi) is 14.4. The van der Waals surface area contributed by atoms with Crippen molar-refractivity contribution in [3.05, 3.63) is 25.3 Å². The molecule has 0 N–H and O–H groups in total. The summed E-state index contributed by atoms with van der Waals surface area (Å²) in [6, 6.07) is 0. The Hall–Kier alpha value is -0.564. The van der Waals surface area contributed by atoms with Gasteiger partial charge in [-0.15, -0.1) is 0 Å². The maximum atomic E-state index is 12.2. The van der Waals surface area contributed by atoms with Crippen molar-refractivity contribution < 1.29 is 92.9 Å². The van der Waals surface area contributed by atoms with Crippen LogP contribution in [0.15, 0.2) is 25.3 Å². The first-order chi connectivity index (χ1) is 11.5. The Morgan fingerprint density at radius 2 is 1.46 bits per heavy atom. The van der Waals surface area contributed by atoms with Crippen LogP contribution in [0.3, 0.4) is 0 Å². The molecule has 0 aliphatic carbocycles. The zero-order chi connectivity index (χ0) is 19.5. The second kappa shape index (κ2) is 13.6. The molecular weight excluding hydrogens is 395 g/mol. The number of esters is 3. The van der Waals surface area contributed by atoms with E-state index in [-0.39, 0.29) is 70.8 Å². The van der Waals surface area contributed by atoms with Gasteiger partial charge in [-0.2, -0.15) is 0 Å². The molecule has 0 heterocycles. The molecule has 0 saturated heterocycles. The van der Waals surface area contributed by atoms with Gasteiger partial charge in [0.05, 0.1) is 16.7 Å². The molecule has 0 bridgehead atoms. The van der Waals surface area contributed by atoms with Crippen molar-refractivity contribution in [1.29, 1.82) is 0 Å². The third kappa shape index (κ3) is 12.7. The van der Waals surface area contributed by atoms with E-state index in [2.05, 4.69) is 13.2 Å². The van der Waals surface area contributed by atoms with Crippen molar-refractivity contribution in [3.8, 4) is 0 Å². The van der Waals surface area contributed by atoms with Gasteiger partial charge >= 0.3 is 69.3 Å². The van der Waals surface area contributed by atoms with Gasteiger partial charge in [-0.05, 0) is 19.8 Å². The third-order valence-electron chi connectivity index (χ3n) is 2.91. The summed E-state index contributed by atoms with van der Waals surface area (Å²) in [7, 11) is -4.32. The first kappa shape index (κ1) is 27.7. The summed E-state index contributed by atoms with van der Waals surface area (Å²) in [4.78, 5) is 34.5. The van der Waals surface area contributed by atoms with Crippen molar-refractivity contribution in [2.45, 2.75) is 19.8 Å². The standard InChI is InChI=1S/C15H22O9S.K/c1-4-12(16)23-10-15(3,11-24-13(17)5-2)14(18)22-8-6-7-9-25(19,20)21;/h4-5H,1-2,6-11H2,3H3,(H,19,20,21);/q;+1/p-1. The minimum absolute atomic E-state index is 0. The fraction of sp³-hybridized carbons (Fsp3) is 0.533. The average molecular weight is 416 g/mol. The summed E-state index contributed by atoms with van der Waals surface area (Å²) in [5, 5.41) is 0. The van der Waals surface area contributed by atoms with E-state index >= 15 is 0 Å². The summed E-state index contributed by atoms with van der Waals surface area (Å²) in [5.74, 6) is -2.91. The van der Waals surface area contributed by atoms with Crippen molar-refractivity contribution in [3.63, 3.8) is 0 Å². The SMILES string of the molecule is C=CC(=O)OCC(C)(COC(=O)C=C)C(=O)OCCCCS(=O)(=O)[O-].[K+]. The second-order valence-electron chi connectivity index (χ2n) is 5.29. The van der Waals surface area contributed by atoms with Crippen LogP contribution in [0.25, 0.3) is 0 Å². The molecule has 0 atom stereocenters. The van der Waals surface area contributed by atoms with Gasteiger partial charge in [0.25, 0.3) is 0 Å². The van der Waals surface area contributed by atoms with E-state index in [1.807, 2.05) is 0 Å². The van der Waals surface area contributed by atoms with Gasteiger partial charge in [0.1, 0.15) is 18.6 Å². The monoisotopic (exact) mass is 416 g/mol. The Labute approximate surface area is 195 Å². The molecule has 0 fully saturated rings. The maximum absolute atomic E-state index is 12.2. The van der Waals surface area contributed by atoms with Crippen molar-refractivity contribution in [2.75, 3.05) is 25.6 Å².